The van der Waals surface area contributed by atoms with Crippen LogP contribution in [0.4, 0.5) is 0 Å². The van der Waals surface area contributed by atoms with Crippen LogP contribution >= 0.6 is 0 Å². The molecule has 2 N–H and O–H groups in total. The van der Waals surface area contributed by atoms with E-state index < -0.39 is 0 Å². The maximum Gasteiger partial charge on any atom is 0.109 e. The number of nitrogens with one attached hydrogen (secondary N) is 1. The van der Waals surface area contributed by atoms with Gasteiger partial charge in [-0.1, -0.05) is 19.3 Å². The molecule has 2 fully saturated rings. The maximum atomic E-state index is 10.5. The van der Waals surface area contributed by atoms with Crippen LogP contribution in [-0.2, 0) is 4.74 Å². The van der Waals surface area contributed by atoms with Gasteiger partial charge in [0.1, 0.15) is 6.23 Å². The zero-order valence-electron chi connectivity index (χ0n) is 12.5. The highest BCUT2D eigenvalue weighted by atomic mass is 16.5. The fourth-order valence-electron chi connectivity index (χ4n) is 3.22. The quantitative estimate of drug-likeness (QED) is 0.805. The standard InChI is InChI=1S/C15H30N2O2/c1-15(2)10-14(18)17(8-9-19-12-16-15)11-13-6-4-3-5-7-13/h13-14,16,18H,3-12H2,1-2H3. The van der Waals surface area contributed by atoms with Crippen LogP contribution in [0.25, 0.3) is 0 Å². The molecule has 0 aromatic carbocycles. The molecule has 0 radical (unpaired) electrons. The zero-order valence-corrected chi connectivity index (χ0v) is 12.5. The van der Waals surface area contributed by atoms with Gasteiger partial charge in [-0.25, -0.2) is 0 Å². The summed E-state index contributed by atoms with van der Waals surface area (Å²) in [5.41, 5.74) is -0.0748. The molecule has 0 bridgehead atoms. The van der Waals surface area contributed by atoms with Gasteiger partial charge in [-0.15, -0.1) is 0 Å². The molecule has 1 atom stereocenters. The minimum Gasteiger partial charge on any atom is -0.378 e. The summed E-state index contributed by atoms with van der Waals surface area (Å²) in [5, 5.41) is 13.8. The molecule has 0 aromatic rings. The predicted octanol–water partition coefficient (Wildman–Crippen LogP) is 1.93. The summed E-state index contributed by atoms with van der Waals surface area (Å²) in [6.07, 6.45) is 7.15. The third kappa shape index (κ3) is 5.03. The van der Waals surface area contributed by atoms with Crippen LogP contribution in [0, 0.1) is 5.92 Å². The van der Waals surface area contributed by atoms with Crippen LogP contribution < -0.4 is 5.32 Å². The van der Waals surface area contributed by atoms with Gasteiger partial charge in [0.2, 0.25) is 0 Å². The molecule has 1 unspecified atom stereocenters. The molecule has 2 rings (SSSR count). The third-order valence-corrected chi connectivity index (χ3v) is 4.51. The molecule has 1 aliphatic carbocycles. The van der Waals surface area contributed by atoms with E-state index in [0.717, 1.165) is 25.4 Å². The lowest BCUT2D eigenvalue weighted by Crippen LogP contribution is -2.47. The van der Waals surface area contributed by atoms with Crippen LogP contribution in [-0.4, -0.2) is 48.2 Å². The number of hydrogen-bond donors (Lipinski definition) is 2. The van der Waals surface area contributed by atoms with Crippen molar-refractivity contribution in [3.63, 3.8) is 0 Å². The second kappa shape index (κ2) is 7.02. The highest BCUT2D eigenvalue weighted by Crippen LogP contribution is 2.26. The Hall–Kier alpha value is -0.160. The number of ether oxygens (including phenoxy) is 1. The fourth-order valence-corrected chi connectivity index (χ4v) is 3.22. The van der Waals surface area contributed by atoms with Gasteiger partial charge < -0.3 is 9.84 Å². The molecule has 2 aliphatic rings. The third-order valence-electron chi connectivity index (χ3n) is 4.51. The first-order chi connectivity index (χ1) is 9.07. The highest BCUT2D eigenvalue weighted by Gasteiger charge is 2.28. The number of rotatable bonds is 2. The fraction of sp³-hybridized carbons (Fsp3) is 1.00. The maximum absolute atomic E-state index is 10.5. The lowest BCUT2D eigenvalue weighted by atomic mass is 9.88. The highest BCUT2D eigenvalue weighted by molar-refractivity contribution is 4.82. The molecule has 1 saturated carbocycles. The van der Waals surface area contributed by atoms with E-state index in [4.69, 9.17) is 4.74 Å². The summed E-state index contributed by atoms with van der Waals surface area (Å²) < 4.78 is 5.59. The first-order valence-corrected chi connectivity index (χ1v) is 7.82. The normalized spacial score (nSPS) is 31.4. The Morgan fingerprint density at radius 3 is 2.74 bits per heavy atom. The summed E-state index contributed by atoms with van der Waals surface area (Å²) >= 11 is 0. The summed E-state index contributed by atoms with van der Waals surface area (Å²) in [4.78, 5) is 2.23. The molecule has 0 spiro atoms. The molecule has 1 heterocycles. The summed E-state index contributed by atoms with van der Waals surface area (Å²) in [5.74, 6) is 0.764. The summed E-state index contributed by atoms with van der Waals surface area (Å²) in [6.45, 7) is 7.41. The van der Waals surface area contributed by atoms with E-state index >= 15 is 0 Å². The Balaban J connectivity index is 1.91. The monoisotopic (exact) mass is 270 g/mol. The van der Waals surface area contributed by atoms with Crippen molar-refractivity contribution >= 4 is 0 Å². The number of nitrogens with zero attached hydrogens (tertiary/aromatic N) is 1. The van der Waals surface area contributed by atoms with Crippen molar-refractivity contribution in [2.75, 3.05) is 26.4 Å². The molecule has 1 saturated heterocycles. The first-order valence-electron chi connectivity index (χ1n) is 7.82. The van der Waals surface area contributed by atoms with E-state index in [2.05, 4.69) is 24.1 Å². The van der Waals surface area contributed by atoms with Gasteiger partial charge in [-0.3, -0.25) is 10.2 Å². The Morgan fingerprint density at radius 1 is 1.26 bits per heavy atom. The molecule has 1 aliphatic heterocycles. The van der Waals surface area contributed by atoms with Crippen molar-refractivity contribution in [2.45, 2.75) is 64.1 Å². The lowest BCUT2D eigenvalue weighted by molar-refractivity contribution is -0.0301. The lowest BCUT2D eigenvalue weighted by Gasteiger charge is -2.35. The molecule has 4 nitrogen and oxygen atoms in total. The van der Waals surface area contributed by atoms with Crippen LogP contribution in [0.2, 0.25) is 0 Å². The predicted molar refractivity (Wildman–Crippen MR) is 76.8 cm³/mol. The number of hydrogen-bond acceptors (Lipinski definition) is 4. The van der Waals surface area contributed by atoms with Gasteiger partial charge in [0.15, 0.2) is 0 Å². The SMILES string of the molecule is CC1(C)CC(O)N(CC2CCCCC2)CCOCN1. The Bertz CT molecular complexity index is 265. The zero-order chi connectivity index (χ0) is 13.7. The van der Waals surface area contributed by atoms with E-state index in [1.807, 2.05) is 0 Å². The van der Waals surface area contributed by atoms with Gasteiger partial charge >= 0.3 is 0 Å². The molecular formula is C15H30N2O2. The van der Waals surface area contributed by atoms with E-state index in [0.29, 0.717) is 13.3 Å². The van der Waals surface area contributed by atoms with E-state index in [1.165, 1.54) is 32.1 Å². The van der Waals surface area contributed by atoms with Crippen molar-refractivity contribution in [2.24, 2.45) is 5.92 Å². The molecule has 0 amide bonds. The van der Waals surface area contributed by atoms with Gasteiger partial charge in [0, 0.05) is 25.0 Å². The van der Waals surface area contributed by atoms with Gasteiger partial charge in [0.05, 0.1) is 13.3 Å². The van der Waals surface area contributed by atoms with Crippen LogP contribution in [0.1, 0.15) is 52.4 Å². The molecule has 19 heavy (non-hydrogen) atoms. The summed E-state index contributed by atoms with van der Waals surface area (Å²) in [6, 6.07) is 0. The van der Waals surface area contributed by atoms with Gasteiger partial charge in [-0.2, -0.15) is 0 Å². The second-order valence-electron chi connectivity index (χ2n) is 6.80. The Morgan fingerprint density at radius 2 is 2.00 bits per heavy atom. The Labute approximate surface area is 117 Å². The molecule has 112 valence electrons. The molecule has 4 heteroatoms. The molecule has 0 aromatic heterocycles. The second-order valence-corrected chi connectivity index (χ2v) is 6.80. The van der Waals surface area contributed by atoms with E-state index in [1.54, 1.807) is 0 Å². The summed E-state index contributed by atoms with van der Waals surface area (Å²) in [7, 11) is 0. The van der Waals surface area contributed by atoms with Crippen molar-refractivity contribution in [3.8, 4) is 0 Å². The van der Waals surface area contributed by atoms with Crippen LogP contribution in [0.5, 0.6) is 0 Å². The minimum absolute atomic E-state index is 0.0748. The smallest absolute Gasteiger partial charge is 0.109 e. The number of aliphatic hydroxyl groups excluding tert-OH is 1. The van der Waals surface area contributed by atoms with Crippen molar-refractivity contribution < 1.29 is 9.84 Å². The first kappa shape index (κ1) is 15.2. The largest absolute Gasteiger partial charge is 0.378 e. The van der Waals surface area contributed by atoms with E-state index in [-0.39, 0.29) is 11.8 Å². The van der Waals surface area contributed by atoms with E-state index in [9.17, 15) is 5.11 Å². The Kier molecular flexibility index (Phi) is 5.63. The average Bonchev–Trinajstić information content (AvgIpc) is 2.42. The van der Waals surface area contributed by atoms with Gasteiger partial charge in [-0.05, 0) is 32.6 Å². The number of aliphatic hydroxyl groups is 1. The van der Waals surface area contributed by atoms with Crippen molar-refractivity contribution in [1.29, 1.82) is 0 Å². The average molecular weight is 270 g/mol. The van der Waals surface area contributed by atoms with Crippen LogP contribution in [0.15, 0.2) is 0 Å². The van der Waals surface area contributed by atoms with Crippen molar-refractivity contribution in [1.82, 2.24) is 10.2 Å². The minimum atomic E-state index is -0.355. The topological polar surface area (TPSA) is 44.7 Å². The molecular weight excluding hydrogens is 240 g/mol. The van der Waals surface area contributed by atoms with Crippen molar-refractivity contribution in [3.05, 3.63) is 0 Å². The van der Waals surface area contributed by atoms with Crippen LogP contribution in [0.3, 0.4) is 0 Å². The van der Waals surface area contributed by atoms with Gasteiger partial charge in [0.25, 0.3) is 0 Å².